The van der Waals surface area contributed by atoms with Crippen molar-refractivity contribution in [3.8, 4) is 0 Å². The zero-order valence-electron chi connectivity index (χ0n) is 11.3. The van der Waals surface area contributed by atoms with Gasteiger partial charge in [0.1, 0.15) is 0 Å². The summed E-state index contributed by atoms with van der Waals surface area (Å²) >= 11 is 5.91. The van der Waals surface area contributed by atoms with Crippen molar-refractivity contribution in [1.29, 1.82) is 0 Å². The first-order chi connectivity index (χ1) is 9.21. The Morgan fingerprint density at radius 1 is 1.20 bits per heavy atom. The number of piperidine rings is 1. The molecule has 5 heteroatoms. The molecule has 2 N–H and O–H groups in total. The van der Waals surface area contributed by atoms with Gasteiger partial charge in [0.15, 0.2) is 0 Å². The van der Waals surface area contributed by atoms with Gasteiger partial charge in [0.25, 0.3) is 0 Å². The van der Waals surface area contributed by atoms with E-state index in [1.54, 1.807) is 0 Å². The van der Waals surface area contributed by atoms with E-state index in [0.717, 1.165) is 49.4 Å². The summed E-state index contributed by atoms with van der Waals surface area (Å²) in [6.45, 7) is 2.00. The van der Waals surface area contributed by atoms with Crippen LogP contribution in [0.2, 0.25) is 5.02 Å². The second kappa shape index (κ2) is 6.33. The van der Waals surface area contributed by atoms with Crippen molar-refractivity contribution in [2.75, 3.05) is 13.1 Å². The summed E-state index contributed by atoms with van der Waals surface area (Å²) in [5.74, 6) is 0.196. The molecule has 2 aliphatic rings. The van der Waals surface area contributed by atoms with Crippen LogP contribution in [0.4, 0.5) is 0 Å². The molecule has 2 fully saturated rings. The molecule has 110 valence electrons. The maximum atomic E-state index is 12.5. The predicted octanol–water partition coefficient (Wildman–Crippen LogP) is 2.66. The van der Waals surface area contributed by atoms with Crippen LogP contribution in [0, 0.1) is 0 Å². The van der Waals surface area contributed by atoms with Crippen molar-refractivity contribution in [1.82, 2.24) is 10.6 Å². The minimum atomic E-state index is -0.282. The van der Waals surface area contributed by atoms with Gasteiger partial charge in [0.05, 0.1) is 5.41 Å². The first kappa shape index (κ1) is 15.6. The van der Waals surface area contributed by atoms with Gasteiger partial charge < -0.3 is 10.6 Å². The van der Waals surface area contributed by atoms with Crippen molar-refractivity contribution < 1.29 is 4.79 Å². The van der Waals surface area contributed by atoms with E-state index in [1.807, 2.05) is 24.3 Å². The van der Waals surface area contributed by atoms with Gasteiger partial charge in [-0.25, -0.2) is 0 Å². The molecule has 1 aliphatic heterocycles. The number of rotatable bonds is 3. The van der Waals surface area contributed by atoms with Gasteiger partial charge in [0.2, 0.25) is 5.91 Å². The average Bonchev–Trinajstić information content (AvgIpc) is 3.22. The van der Waals surface area contributed by atoms with Gasteiger partial charge in [-0.1, -0.05) is 23.7 Å². The summed E-state index contributed by atoms with van der Waals surface area (Å²) in [7, 11) is 0. The fourth-order valence-electron chi connectivity index (χ4n) is 2.83. The maximum absolute atomic E-state index is 12.5. The van der Waals surface area contributed by atoms with Gasteiger partial charge >= 0.3 is 0 Å². The van der Waals surface area contributed by atoms with Crippen LogP contribution in [-0.4, -0.2) is 25.0 Å². The molecule has 0 spiro atoms. The standard InChI is InChI=1S/C15H19ClN2O.ClH/c16-12-3-1-11(2-4-12)15(7-8-15)14(19)18-13-5-9-17-10-6-13;/h1-4,13,17H,5-10H2,(H,18,19);1H. The number of benzene rings is 1. The van der Waals surface area contributed by atoms with Gasteiger partial charge in [0, 0.05) is 11.1 Å². The molecule has 0 atom stereocenters. The Morgan fingerprint density at radius 2 is 1.80 bits per heavy atom. The average molecular weight is 315 g/mol. The molecule has 0 bridgehead atoms. The predicted molar refractivity (Wildman–Crippen MR) is 83.6 cm³/mol. The van der Waals surface area contributed by atoms with Crippen molar-refractivity contribution in [3.63, 3.8) is 0 Å². The molecule has 3 rings (SSSR count). The number of halogens is 2. The number of amides is 1. The number of carbonyl (C=O) groups excluding carboxylic acids is 1. The van der Waals surface area contributed by atoms with E-state index in [9.17, 15) is 4.79 Å². The van der Waals surface area contributed by atoms with E-state index < -0.39 is 0 Å². The lowest BCUT2D eigenvalue weighted by atomic mass is 9.94. The van der Waals surface area contributed by atoms with Crippen LogP contribution < -0.4 is 10.6 Å². The van der Waals surface area contributed by atoms with Gasteiger partial charge in [-0.3, -0.25) is 4.79 Å². The lowest BCUT2D eigenvalue weighted by molar-refractivity contribution is -0.124. The zero-order valence-corrected chi connectivity index (χ0v) is 12.9. The van der Waals surface area contributed by atoms with Crippen LogP contribution in [-0.2, 0) is 10.2 Å². The Hall–Kier alpha value is -0.770. The minimum Gasteiger partial charge on any atom is -0.353 e. The Bertz CT molecular complexity index is 465. The highest BCUT2D eigenvalue weighted by molar-refractivity contribution is 6.30. The van der Waals surface area contributed by atoms with E-state index in [0.29, 0.717) is 6.04 Å². The molecule has 0 aromatic heterocycles. The highest BCUT2D eigenvalue weighted by Gasteiger charge is 2.51. The van der Waals surface area contributed by atoms with Crippen LogP contribution in [0.3, 0.4) is 0 Å². The van der Waals surface area contributed by atoms with Crippen molar-refractivity contribution in [3.05, 3.63) is 34.9 Å². The third-order valence-corrected chi connectivity index (χ3v) is 4.51. The summed E-state index contributed by atoms with van der Waals surface area (Å²) < 4.78 is 0. The third kappa shape index (κ3) is 3.11. The van der Waals surface area contributed by atoms with Gasteiger partial charge in [-0.05, 0) is 56.5 Å². The zero-order chi connectivity index (χ0) is 13.3. The number of nitrogens with one attached hydrogen (secondary N) is 2. The van der Waals surface area contributed by atoms with E-state index in [-0.39, 0.29) is 23.7 Å². The molecule has 0 radical (unpaired) electrons. The van der Waals surface area contributed by atoms with Crippen LogP contribution in [0.5, 0.6) is 0 Å². The van der Waals surface area contributed by atoms with Crippen LogP contribution >= 0.6 is 24.0 Å². The molecule has 1 aromatic carbocycles. The summed E-state index contributed by atoms with van der Waals surface area (Å²) in [6, 6.07) is 8.04. The topological polar surface area (TPSA) is 41.1 Å². The summed E-state index contributed by atoms with van der Waals surface area (Å²) in [5, 5.41) is 7.26. The lowest BCUT2D eigenvalue weighted by Crippen LogP contribution is -2.46. The highest BCUT2D eigenvalue weighted by atomic mass is 35.5. The van der Waals surface area contributed by atoms with E-state index >= 15 is 0 Å². The largest absolute Gasteiger partial charge is 0.353 e. The molecule has 1 aliphatic carbocycles. The van der Waals surface area contributed by atoms with Crippen molar-refractivity contribution in [2.24, 2.45) is 0 Å². The monoisotopic (exact) mass is 314 g/mol. The molecular formula is C15H20Cl2N2O. The Balaban J connectivity index is 0.00000147. The molecule has 20 heavy (non-hydrogen) atoms. The fourth-order valence-corrected chi connectivity index (χ4v) is 2.96. The molecule has 3 nitrogen and oxygen atoms in total. The summed E-state index contributed by atoms with van der Waals surface area (Å²) in [5.41, 5.74) is 0.818. The van der Waals surface area contributed by atoms with Crippen LogP contribution in [0.1, 0.15) is 31.2 Å². The Labute approximate surface area is 130 Å². The van der Waals surface area contributed by atoms with Crippen molar-refractivity contribution in [2.45, 2.75) is 37.1 Å². The second-order valence-corrected chi connectivity index (χ2v) is 6.02. The molecule has 0 unspecified atom stereocenters. The SMILES string of the molecule is Cl.O=C(NC1CCNCC1)C1(c2ccc(Cl)cc2)CC1. The number of hydrogen-bond donors (Lipinski definition) is 2. The number of hydrogen-bond acceptors (Lipinski definition) is 2. The van der Waals surface area contributed by atoms with Crippen LogP contribution in [0.15, 0.2) is 24.3 Å². The van der Waals surface area contributed by atoms with E-state index in [4.69, 9.17) is 11.6 Å². The molecule has 1 saturated heterocycles. The van der Waals surface area contributed by atoms with E-state index in [1.165, 1.54) is 0 Å². The summed E-state index contributed by atoms with van der Waals surface area (Å²) in [4.78, 5) is 12.5. The molecule has 1 saturated carbocycles. The molecule has 1 amide bonds. The first-order valence-electron chi connectivity index (χ1n) is 6.98. The van der Waals surface area contributed by atoms with Gasteiger partial charge in [-0.2, -0.15) is 0 Å². The normalized spacial score (nSPS) is 20.9. The molecule has 1 aromatic rings. The molecular weight excluding hydrogens is 295 g/mol. The third-order valence-electron chi connectivity index (χ3n) is 4.26. The van der Waals surface area contributed by atoms with Gasteiger partial charge in [-0.15, -0.1) is 12.4 Å². The molecule has 1 heterocycles. The smallest absolute Gasteiger partial charge is 0.230 e. The first-order valence-corrected chi connectivity index (χ1v) is 7.36. The minimum absolute atomic E-state index is 0. The van der Waals surface area contributed by atoms with E-state index in [2.05, 4.69) is 10.6 Å². The fraction of sp³-hybridized carbons (Fsp3) is 0.533. The lowest BCUT2D eigenvalue weighted by Gasteiger charge is -2.26. The highest BCUT2D eigenvalue weighted by Crippen LogP contribution is 2.48. The Kier molecular flexibility index (Phi) is 4.95. The number of carbonyl (C=O) groups is 1. The summed E-state index contributed by atoms with van der Waals surface area (Å²) in [6.07, 6.45) is 3.96. The maximum Gasteiger partial charge on any atom is 0.230 e. The second-order valence-electron chi connectivity index (χ2n) is 5.59. The Morgan fingerprint density at radius 3 is 2.35 bits per heavy atom. The van der Waals surface area contributed by atoms with Crippen molar-refractivity contribution >= 4 is 29.9 Å². The quantitative estimate of drug-likeness (QED) is 0.900. The van der Waals surface area contributed by atoms with Crippen LogP contribution in [0.25, 0.3) is 0 Å².